The van der Waals surface area contributed by atoms with Crippen molar-refractivity contribution >= 4 is 22.7 Å². The Balaban J connectivity index is 1.21. The van der Waals surface area contributed by atoms with Crippen molar-refractivity contribution in [1.29, 1.82) is 0 Å². The van der Waals surface area contributed by atoms with E-state index < -0.39 is 0 Å². The van der Waals surface area contributed by atoms with Gasteiger partial charge in [-0.15, -0.1) is 0 Å². The molecule has 5 rings (SSSR count). The summed E-state index contributed by atoms with van der Waals surface area (Å²) in [5, 5.41) is 1.13. The molecule has 2 aliphatic rings. The molecule has 30 heavy (non-hydrogen) atoms. The number of methoxy groups -OCH3 is 1. The zero-order chi connectivity index (χ0) is 20.7. The van der Waals surface area contributed by atoms with Crippen LogP contribution >= 0.6 is 0 Å². The average molecular weight is 403 g/mol. The van der Waals surface area contributed by atoms with Crippen molar-refractivity contribution < 1.29 is 14.3 Å². The van der Waals surface area contributed by atoms with Gasteiger partial charge in [-0.05, 0) is 36.2 Å². The van der Waals surface area contributed by atoms with Crippen LogP contribution in [-0.4, -0.2) is 46.8 Å². The first-order valence-electron chi connectivity index (χ1n) is 10.5. The first-order valence-corrected chi connectivity index (χ1v) is 10.5. The molecule has 0 radical (unpaired) electrons. The Morgan fingerprint density at radius 2 is 2.03 bits per heavy atom. The lowest BCUT2D eigenvalue weighted by molar-refractivity contribution is -0.132. The van der Waals surface area contributed by atoms with Gasteiger partial charge in [0.2, 0.25) is 5.91 Å². The van der Waals surface area contributed by atoms with E-state index in [4.69, 9.17) is 4.74 Å². The maximum absolute atomic E-state index is 12.9. The molecule has 0 fully saturated rings. The first-order chi connectivity index (χ1) is 14.6. The van der Waals surface area contributed by atoms with Crippen LogP contribution in [0.5, 0.6) is 5.75 Å². The second-order valence-electron chi connectivity index (χ2n) is 8.05. The molecule has 0 aliphatic carbocycles. The number of hydrogen-bond acceptors (Lipinski definition) is 3. The lowest BCUT2D eigenvalue weighted by Crippen LogP contribution is -2.36. The number of nitrogens with one attached hydrogen (secondary N) is 1. The SMILES string of the molecule is COc1ccc2[nH]c3c(c2c1)CN(C(=O)CCCN1Cc2ccccc2C1=O)CC3. The second-order valence-corrected chi connectivity index (χ2v) is 8.05. The molecule has 0 spiro atoms. The van der Waals surface area contributed by atoms with E-state index in [2.05, 4.69) is 4.98 Å². The number of fused-ring (bicyclic) bond motifs is 4. The van der Waals surface area contributed by atoms with E-state index in [0.717, 1.165) is 40.7 Å². The Kier molecular flexibility index (Phi) is 4.69. The van der Waals surface area contributed by atoms with Crippen LogP contribution in [0.2, 0.25) is 0 Å². The van der Waals surface area contributed by atoms with Gasteiger partial charge in [-0.25, -0.2) is 0 Å². The molecular formula is C24H25N3O3. The van der Waals surface area contributed by atoms with E-state index >= 15 is 0 Å². The molecule has 6 heteroatoms. The number of rotatable bonds is 5. The number of nitrogens with zero attached hydrogens (tertiary/aromatic N) is 2. The van der Waals surface area contributed by atoms with Crippen molar-refractivity contribution in [2.24, 2.45) is 0 Å². The van der Waals surface area contributed by atoms with Gasteiger partial charge in [0.05, 0.1) is 7.11 Å². The third-order valence-electron chi connectivity index (χ3n) is 6.25. The molecule has 1 N–H and O–H groups in total. The maximum atomic E-state index is 12.9. The van der Waals surface area contributed by atoms with Crippen LogP contribution in [0.15, 0.2) is 42.5 Å². The van der Waals surface area contributed by atoms with E-state index in [1.165, 1.54) is 11.3 Å². The highest BCUT2D eigenvalue weighted by Crippen LogP contribution is 2.31. The topological polar surface area (TPSA) is 65.6 Å². The van der Waals surface area contributed by atoms with Crippen molar-refractivity contribution in [3.8, 4) is 5.75 Å². The van der Waals surface area contributed by atoms with E-state index in [1.807, 2.05) is 52.3 Å². The summed E-state index contributed by atoms with van der Waals surface area (Å²) >= 11 is 0. The molecule has 2 amide bonds. The summed E-state index contributed by atoms with van der Waals surface area (Å²) in [4.78, 5) is 32.6. The zero-order valence-corrected chi connectivity index (χ0v) is 17.1. The fraction of sp³-hybridized carbons (Fsp3) is 0.333. The third-order valence-corrected chi connectivity index (χ3v) is 6.25. The number of aromatic nitrogens is 1. The predicted octanol–water partition coefficient (Wildman–Crippen LogP) is 3.50. The summed E-state index contributed by atoms with van der Waals surface area (Å²) in [5.74, 6) is 1.06. The quantitative estimate of drug-likeness (QED) is 0.709. The van der Waals surface area contributed by atoms with Crippen molar-refractivity contribution in [1.82, 2.24) is 14.8 Å². The highest BCUT2D eigenvalue weighted by atomic mass is 16.5. The number of benzene rings is 2. The third kappa shape index (κ3) is 3.22. The molecule has 0 bridgehead atoms. The molecule has 2 aliphatic heterocycles. The smallest absolute Gasteiger partial charge is 0.254 e. The van der Waals surface area contributed by atoms with Gasteiger partial charge >= 0.3 is 0 Å². The number of aromatic amines is 1. The van der Waals surface area contributed by atoms with E-state index in [0.29, 0.717) is 32.5 Å². The van der Waals surface area contributed by atoms with Gasteiger partial charge in [0, 0.05) is 66.7 Å². The first kappa shape index (κ1) is 18.7. The Morgan fingerprint density at radius 1 is 1.17 bits per heavy atom. The fourth-order valence-electron chi connectivity index (χ4n) is 4.61. The molecule has 1 aromatic heterocycles. The van der Waals surface area contributed by atoms with Gasteiger partial charge in [0.15, 0.2) is 0 Å². The zero-order valence-electron chi connectivity index (χ0n) is 17.1. The summed E-state index contributed by atoms with van der Waals surface area (Å²) in [6.07, 6.45) is 1.97. The van der Waals surface area contributed by atoms with E-state index in [1.54, 1.807) is 7.11 Å². The summed E-state index contributed by atoms with van der Waals surface area (Å²) in [6.45, 7) is 2.61. The van der Waals surface area contributed by atoms with Crippen molar-refractivity contribution in [3.63, 3.8) is 0 Å². The fourth-order valence-corrected chi connectivity index (χ4v) is 4.61. The number of carbonyl (C=O) groups excluding carboxylic acids is 2. The number of H-pyrrole nitrogens is 1. The Hall–Kier alpha value is -3.28. The largest absolute Gasteiger partial charge is 0.497 e. The van der Waals surface area contributed by atoms with Crippen LogP contribution in [0.1, 0.15) is 40.0 Å². The molecule has 0 saturated carbocycles. The van der Waals surface area contributed by atoms with Crippen LogP contribution < -0.4 is 4.74 Å². The van der Waals surface area contributed by atoms with Crippen molar-refractivity contribution in [3.05, 3.63) is 64.8 Å². The molecule has 0 atom stereocenters. The Bertz CT molecular complexity index is 1130. The number of amides is 2. The summed E-state index contributed by atoms with van der Waals surface area (Å²) in [5.41, 5.74) is 5.35. The van der Waals surface area contributed by atoms with Gasteiger partial charge in [0.25, 0.3) is 5.91 Å². The number of carbonyl (C=O) groups is 2. The van der Waals surface area contributed by atoms with Crippen LogP contribution in [-0.2, 0) is 24.3 Å². The molecule has 2 aromatic carbocycles. The molecule has 3 heterocycles. The van der Waals surface area contributed by atoms with Crippen molar-refractivity contribution in [2.75, 3.05) is 20.2 Å². The minimum absolute atomic E-state index is 0.0772. The summed E-state index contributed by atoms with van der Waals surface area (Å²) < 4.78 is 5.36. The monoisotopic (exact) mass is 403 g/mol. The number of hydrogen-bond donors (Lipinski definition) is 1. The van der Waals surface area contributed by atoms with Gasteiger partial charge in [0.1, 0.15) is 5.75 Å². The predicted molar refractivity (Wildman–Crippen MR) is 114 cm³/mol. The summed E-state index contributed by atoms with van der Waals surface area (Å²) in [6, 6.07) is 13.8. The molecule has 3 aromatic rings. The van der Waals surface area contributed by atoms with Crippen LogP contribution in [0.25, 0.3) is 10.9 Å². The lowest BCUT2D eigenvalue weighted by Gasteiger charge is -2.27. The molecule has 6 nitrogen and oxygen atoms in total. The highest BCUT2D eigenvalue weighted by Gasteiger charge is 2.27. The van der Waals surface area contributed by atoms with Gasteiger partial charge < -0.3 is 19.5 Å². The van der Waals surface area contributed by atoms with Crippen LogP contribution in [0.4, 0.5) is 0 Å². The highest BCUT2D eigenvalue weighted by molar-refractivity contribution is 5.98. The van der Waals surface area contributed by atoms with E-state index in [9.17, 15) is 9.59 Å². The minimum Gasteiger partial charge on any atom is -0.497 e. The lowest BCUT2D eigenvalue weighted by atomic mass is 10.0. The molecule has 0 saturated heterocycles. The molecule has 154 valence electrons. The van der Waals surface area contributed by atoms with E-state index in [-0.39, 0.29) is 11.8 Å². The van der Waals surface area contributed by atoms with Gasteiger partial charge in [-0.2, -0.15) is 0 Å². The van der Waals surface area contributed by atoms with Gasteiger partial charge in [-0.1, -0.05) is 18.2 Å². The Morgan fingerprint density at radius 3 is 2.87 bits per heavy atom. The van der Waals surface area contributed by atoms with Gasteiger partial charge in [-0.3, -0.25) is 9.59 Å². The molecule has 0 unspecified atom stereocenters. The average Bonchev–Trinajstić information content (AvgIpc) is 3.30. The maximum Gasteiger partial charge on any atom is 0.254 e. The number of ether oxygens (including phenoxy) is 1. The van der Waals surface area contributed by atoms with Crippen molar-refractivity contribution in [2.45, 2.75) is 32.4 Å². The van der Waals surface area contributed by atoms with Crippen LogP contribution in [0.3, 0.4) is 0 Å². The Labute approximate surface area is 175 Å². The molecular weight excluding hydrogens is 378 g/mol. The standard InChI is InChI=1S/C24H25N3O3/c1-30-17-8-9-21-19(13-17)20-15-26(12-10-22(20)25-21)23(28)7-4-11-27-14-16-5-2-3-6-18(16)24(27)29/h2-3,5-6,8-9,13,25H,4,7,10-12,14-15H2,1H3. The second kappa shape index (κ2) is 7.52. The minimum atomic E-state index is 0.0772. The normalized spacial score (nSPS) is 15.4. The van der Waals surface area contributed by atoms with Crippen LogP contribution in [0, 0.1) is 0 Å². The summed E-state index contributed by atoms with van der Waals surface area (Å²) in [7, 11) is 1.67.